The number of nitrogens with zero attached hydrogens (tertiary/aromatic N) is 3. The molecule has 5 nitrogen and oxygen atoms in total. The minimum Gasteiger partial charge on any atom is -0.369 e. The van der Waals surface area contributed by atoms with Gasteiger partial charge in [-0.25, -0.2) is 4.98 Å². The van der Waals surface area contributed by atoms with Crippen molar-refractivity contribution < 1.29 is 4.79 Å². The zero-order chi connectivity index (χ0) is 14.3. The largest absolute Gasteiger partial charge is 0.369 e. The van der Waals surface area contributed by atoms with E-state index in [1.54, 1.807) is 16.7 Å². The van der Waals surface area contributed by atoms with E-state index < -0.39 is 0 Å². The maximum absolute atomic E-state index is 12.5. The van der Waals surface area contributed by atoms with E-state index in [0.717, 1.165) is 37.0 Å². The Morgan fingerprint density at radius 2 is 2.10 bits per heavy atom. The van der Waals surface area contributed by atoms with Gasteiger partial charge in [-0.15, -0.1) is 0 Å². The van der Waals surface area contributed by atoms with Crippen molar-refractivity contribution in [1.29, 1.82) is 0 Å². The highest BCUT2D eigenvalue weighted by Gasteiger charge is 2.26. The predicted molar refractivity (Wildman–Crippen MR) is 79.7 cm³/mol. The van der Waals surface area contributed by atoms with Gasteiger partial charge in [-0.1, -0.05) is 11.6 Å². The summed E-state index contributed by atoms with van der Waals surface area (Å²) < 4.78 is 1.78. The van der Waals surface area contributed by atoms with Gasteiger partial charge >= 0.3 is 0 Å². The van der Waals surface area contributed by atoms with E-state index in [9.17, 15) is 4.79 Å². The van der Waals surface area contributed by atoms with Gasteiger partial charge in [0.25, 0.3) is 0 Å². The molecule has 3 rings (SSSR count). The van der Waals surface area contributed by atoms with Crippen LogP contribution in [0.25, 0.3) is 11.0 Å². The SMILES string of the molecule is CC(C(=O)N1CCCC1)n1c(N)nc2cc(Cl)ccc21. The Kier molecular flexibility index (Phi) is 3.30. The number of hydrogen-bond acceptors (Lipinski definition) is 3. The fourth-order valence-electron chi connectivity index (χ4n) is 2.81. The number of hydrogen-bond donors (Lipinski definition) is 1. The number of benzene rings is 1. The number of aromatic nitrogens is 2. The molecule has 0 aliphatic carbocycles. The average Bonchev–Trinajstić information content (AvgIpc) is 3.03. The molecule has 6 heteroatoms. The van der Waals surface area contributed by atoms with Gasteiger partial charge in [-0.05, 0) is 38.0 Å². The van der Waals surface area contributed by atoms with Crippen LogP contribution in [0.1, 0.15) is 25.8 Å². The molecule has 1 aliphatic heterocycles. The van der Waals surface area contributed by atoms with Crippen LogP contribution in [0.3, 0.4) is 0 Å². The molecule has 0 spiro atoms. The maximum atomic E-state index is 12.5. The second kappa shape index (κ2) is 4.98. The summed E-state index contributed by atoms with van der Waals surface area (Å²) in [4.78, 5) is 18.7. The van der Waals surface area contributed by atoms with Crippen LogP contribution < -0.4 is 5.73 Å². The number of nitrogen functional groups attached to an aromatic ring is 1. The molecule has 1 fully saturated rings. The smallest absolute Gasteiger partial charge is 0.245 e. The fourth-order valence-corrected chi connectivity index (χ4v) is 2.98. The molecule has 1 amide bonds. The van der Waals surface area contributed by atoms with Crippen molar-refractivity contribution in [1.82, 2.24) is 14.5 Å². The van der Waals surface area contributed by atoms with Gasteiger partial charge in [0, 0.05) is 18.1 Å². The summed E-state index contributed by atoms with van der Waals surface area (Å²) in [5.74, 6) is 0.450. The van der Waals surface area contributed by atoms with Crippen LogP contribution in [0, 0.1) is 0 Å². The van der Waals surface area contributed by atoms with Crippen LogP contribution >= 0.6 is 11.6 Å². The average molecular weight is 293 g/mol. The van der Waals surface area contributed by atoms with E-state index in [4.69, 9.17) is 17.3 Å². The monoisotopic (exact) mass is 292 g/mol. The minimum absolute atomic E-state index is 0.100. The Labute approximate surface area is 122 Å². The summed E-state index contributed by atoms with van der Waals surface area (Å²) in [6.07, 6.45) is 2.16. The second-order valence-electron chi connectivity index (χ2n) is 5.18. The molecule has 2 heterocycles. The number of nitrogens with two attached hydrogens (primary N) is 1. The van der Waals surface area contributed by atoms with E-state index in [1.807, 2.05) is 17.9 Å². The first-order valence-electron chi connectivity index (χ1n) is 6.79. The van der Waals surface area contributed by atoms with Crippen LogP contribution in [0.15, 0.2) is 18.2 Å². The number of likely N-dealkylation sites (tertiary alicyclic amines) is 1. The Morgan fingerprint density at radius 3 is 2.80 bits per heavy atom. The first-order chi connectivity index (χ1) is 9.58. The Balaban J connectivity index is 2.00. The highest BCUT2D eigenvalue weighted by Crippen LogP contribution is 2.27. The van der Waals surface area contributed by atoms with Gasteiger partial charge in [0.2, 0.25) is 11.9 Å². The summed E-state index contributed by atoms with van der Waals surface area (Å²) >= 11 is 5.96. The minimum atomic E-state index is -0.348. The molecule has 1 atom stereocenters. The van der Waals surface area contributed by atoms with Crippen LogP contribution in [0.4, 0.5) is 5.95 Å². The van der Waals surface area contributed by atoms with Crippen molar-refractivity contribution in [3.63, 3.8) is 0 Å². The lowest BCUT2D eigenvalue weighted by molar-refractivity contribution is -0.133. The predicted octanol–water partition coefficient (Wildman–Crippen LogP) is 2.46. The molecule has 0 saturated carbocycles. The lowest BCUT2D eigenvalue weighted by Crippen LogP contribution is -2.34. The summed E-state index contributed by atoms with van der Waals surface area (Å²) in [7, 11) is 0. The van der Waals surface area contributed by atoms with E-state index in [1.165, 1.54) is 0 Å². The van der Waals surface area contributed by atoms with E-state index in [0.29, 0.717) is 11.0 Å². The summed E-state index contributed by atoms with van der Waals surface area (Å²) in [6.45, 7) is 3.54. The Bertz CT molecular complexity index is 660. The molecule has 1 aliphatic rings. The molecule has 2 N–H and O–H groups in total. The molecule has 1 unspecified atom stereocenters. The van der Waals surface area contributed by atoms with Gasteiger partial charge in [-0.3, -0.25) is 9.36 Å². The van der Waals surface area contributed by atoms with Crippen molar-refractivity contribution in [2.75, 3.05) is 18.8 Å². The maximum Gasteiger partial charge on any atom is 0.245 e. The number of carbonyl (C=O) groups is 1. The second-order valence-corrected chi connectivity index (χ2v) is 5.62. The van der Waals surface area contributed by atoms with E-state index in [2.05, 4.69) is 4.98 Å². The van der Waals surface area contributed by atoms with Crippen molar-refractivity contribution in [3.05, 3.63) is 23.2 Å². The lowest BCUT2D eigenvalue weighted by Gasteiger charge is -2.22. The summed E-state index contributed by atoms with van der Waals surface area (Å²) in [5, 5.41) is 0.612. The normalized spacial score (nSPS) is 16.8. The molecule has 0 radical (unpaired) electrons. The van der Waals surface area contributed by atoms with Gasteiger partial charge in [-0.2, -0.15) is 0 Å². The number of rotatable bonds is 2. The third-order valence-corrected chi connectivity index (χ3v) is 4.08. The molecule has 2 aromatic rings. The number of anilines is 1. The quantitative estimate of drug-likeness (QED) is 0.925. The first-order valence-corrected chi connectivity index (χ1v) is 7.17. The molecule has 106 valence electrons. The van der Waals surface area contributed by atoms with Crippen molar-refractivity contribution in [2.45, 2.75) is 25.8 Å². The number of imidazole rings is 1. The Hall–Kier alpha value is -1.75. The molecular weight excluding hydrogens is 276 g/mol. The first kappa shape index (κ1) is 13.2. The van der Waals surface area contributed by atoms with Gasteiger partial charge in [0.15, 0.2) is 0 Å². The fraction of sp³-hybridized carbons (Fsp3) is 0.429. The van der Waals surface area contributed by atoms with Gasteiger partial charge in [0.05, 0.1) is 11.0 Å². The number of carbonyl (C=O) groups excluding carboxylic acids is 1. The van der Waals surface area contributed by atoms with Crippen LogP contribution in [0.5, 0.6) is 0 Å². The van der Waals surface area contributed by atoms with E-state index >= 15 is 0 Å². The highest BCUT2D eigenvalue weighted by atomic mass is 35.5. The molecule has 20 heavy (non-hydrogen) atoms. The van der Waals surface area contributed by atoms with Crippen molar-refractivity contribution in [2.24, 2.45) is 0 Å². The van der Waals surface area contributed by atoms with Crippen molar-refractivity contribution >= 4 is 34.5 Å². The summed E-state index contributed by atoms with van der Waals surface area (Å²) in [6, 6.07) is 5.06. The number of fused-ring (bicyclic) bond motifs is 1. The molecule has 1 aromatic carbocycles. The molecule has 1 saturated heterocycles. The zero-order valence-electron chi connectivity index (χ0n) is 11.3. The number of amides is 1. The zero-order valence-corrected chi connectivity index (χ0v) is 12.1. The van der Waals surface area contributed by atoms with Crippen LogP contribution in [-0.2, 0) is 4.79 Å². The topological polar surface area (TPSA) is 64.2 Å². The van der Waals surface area contributed by atoms with Crippen molar-refractivity contribution in [3.8, 4) is 0 Å². The standard InChI is InChI=1S/C14H17ClN4O/c1-9(13(20)18-6-2-3-7-18)19-12-5-4-10(15)8-11(12)17-14(19)16/h4-5,8-9H,2-3,6-7H2,1H3,(H2,16,17). The lowest BCUT2D eigenvalue weighted by atomic mass is 10.2. The van der Waals surface area contributed by atoms with Crippen LogP contribution in [0.2, 0.25) is 5.02 Å². The third kappa shape index (κ3) is 2.12. The summed E-state index contributed by atoms with van der Waals surface area (Å²) in [5.41, 5.74) is 7.54. The number of halogens is 1. The van der Waals surface area contributed by atoms with Gasteiger partial charge < -0.3 is 10.6 Å². The molecular formula is C14H17ClN4O. The van der Waals surface area contributed by atoms with Gasteiger partial charge in [0.1, 0.15) is 6.04 Å². The molecule has 1 aromatic heterocycles. The van der Waals surface area contributed by atoms with Crippen LogP contribution in [-0.4, -0.2) is 33.4 Å². The molecule has 0 bridgehead atoms. The Morgan fingerprint density at radius 1 is 1.40 bits per heavy atom. The third-order valence-electron chi connectivity index (χ3n) is 3.84. The highest BCUT2D eigenvalue weighted by molar-refractivity contribution is 6.31. The van der Waals surface area contributed by atoms with E-state index in [-0.39, 0.29) is 11.9 Å².